The molecular weight excluding hydrogens is 229 g/mol. The highest BCUT2D eigenvalue weighted by Gasteiger charge is 2.21. The lowest BCUT2D eigenvalue weighted by Gasteiger charge is -2.18. The van der Waals surface area contributed by atoms with Crippen molar-refractivity contribution in [2.24, 2.45) is 5.73 Å². The molecule has 0 aromatic heterocycles. The Labute approximate surface area is 98.3 Å². The molecule has 0 aliphatic carbocycles. The van der Waals surface area contributed by atoms with Crippen molar-refractivity contribution in [1.29, 1.82) is 0 Å². The van der Waals surface area contributed by atoms with Crippen LogP contribution >= 0.6 is 0 Å². The lowest BCUT2D eigenvalue weighted by Crippen LogP contribution is -2.24. The Morgan fingerprint density at radius 2 is 2.06 bits per heavy atom. The Morgan fingerprint density at radius 3 is 2.59 bits per heavy atom. The highest BCUT2D eigenvalue weighted by atomic mass is 19.1. The summed E-state index contributed by atoms with van der Waals surface area (Å²) in [6.45, 7) is 0.525. The van der Waals surface area contributed by atoms with E-state index in [9.17, 15) is 19.7 Å². The minimum Gasteiger partial charge on any atom is -0.504 e. The van der Waals surface area contributed by atoms with Crippen molar-refractivity contribution in [3.63, 3.8) is 0 Å². The van der Waals surface area contributed by atoms with Crippen LogP contribution in [0.15, 0.2) is 12.1 Å². The predicted molar refractivity (Wildman–Crippen MR) is 59.9 cm³/mol. The molecule has 0 saturated heterocycles. The van der Waals surface area contributed by atoms with Gasteiger partial charge in [0.25, 0.3) is 0 Å². The summed E-state index contributed by atoms with van der Waals surface area (Å²) in [7, 11) is 0. The van der Waals surface area contributed by atoms with Crippen LogP contribution in [0.1, 0.15) is 18.6 Å². The fraction of sp³-hybridized carbons (Fsp3) is 0.455. The van der Waals surface area contributed by atoms with Crippen molar-refractivity contribution < 1.29 is 24.4 Å². The van der Waals surface area contributed by atoms with E-state index in [1.54, 1.807) is 6.92 Å². The number of aliphatic hydroxyl groups is 1. The first-order valence-electron chi connectivity index (χ1n) is 5.16. The fourth-order valence-electron chi connectivity index (χ4n) is 1.38. The zero-order valence-electron chi connectivity index (χ0n) is 9.43. The average molecular weight is 245 g/mol. The molecule has 5 nitrogen and oxygen atoms in total. The van der Waals surface area contributed by atoms with E-state index in [0.29, 0.717) is 0 Å². The molecule has 0 fully saturated rings. The third-order valence-electron chi connectivity index (χ3n) is 2.28. The van der Waals surface area contributed by atoms with Crippen LogP contribution in [0.3, 0.4) is 0 Å². The normalized spacial score (nSPS) is 14.4. The molecule has 0 spiro atoms. The highest BCUT2D eigenvalue weighted by Crippen LogP contribution is 2.41. The topological polar surface area (TPSA) is 95.9 Å². The lowest BCUT2D eigenvalue weighted by atomic mass is 10.0. The van der Waals surface area contributed by atoms with E-state index >= 15 is 0 Å². The monoisotopic (exact) mass is 245 g/mol. The zero-order valence-corrected chi connectivity index (χ0v) is 9.43. The molecule has 6 heteroatoms. The van der Waals surface area contributed by atoms with Gasteiger partial charge in [-0.3, -0.25) is 0 Å². The van der Waals surface area contributed by atoms with E-state index in [4.69, 9.17) is 10.5 Å². The van der Waals surface area contributed by atoms with Gasteiger partial charge in [0.1, 0.15) is 13.3 Å². The maximum absolute atomic E-state index is 12.0. The van der Waals surface area contributed by atoms with Crippen LogP contribution in [0.4, 0.5) is 4.39 Å². The number of benzene rings is 1. The highest BCUT2D eigenvalue weighted by molar-refractivity contribution is 5.55. The summed E-state index contributed by atoms with van der Waals surface area (Å²) in [6.07, 6.45) is -1.09. The molecule has 1 aromatic rings. The Hall–Kier alpha value is -1.53. The molecule has 2 unspecified atom stereocenters. The van der Waals surface area contributed by atoms with Crippen LogP contribution in [-0.2, 0) is 0 Å². The van der Waals surface area contributed by atoms with Gasteiger partial charge in [-0.15, -0.1) is 0 Å². The average Bonchev–Trinajstić information content (AvgIpc) is 2.28. The molecule has 0 saturated carbocycles. The third kappa shape index (κ3) is 2.98. The van der Waals surface area contributed by atoms with E-state index in [1.807, 2.05) is 0 Å². The van der Waals surface area contributed by atoms with Crippen molar-refractivity contribution in [2.75, 3.05) is 13.3 Å². The first kappa shape index (κ1) is 13.5. The standard InChI is InChI=1S/C11H16FNO4/c1-6(13)9(15)7-2-3-8(14)11(10(7)16)17-5-4-12/h2-3,6,9,14-16H,4-5,13H2,1H3. The van der Waals surface area contributed by atoms with E-state index in [0.717, 1.165) is 0 Å². The number of nitrogens with two attached hydrogens (primary N) is 1. The number of rotatable bonds is 5. The third-order valence-corrected chi connectivity index (χ3v) is 2.28. The van der Waals surface area contributed by atoms with E-state index in [2.05, 4.69) is 0 Å². The minimum atomic E-state index is -1.09. The minimum absolute atomic E-state index is 0.131. The molecule has 0 aliphatic heterocycles. The molecule has 0 aliphatic rings. The Balaban J connectivity index is 3.09. The Kier molecular flexibility index (Phi) is 4.53. The number of alkyl halides is 1. The summed E-state index contributed by atoms with van der Waals surface area (Å²) < 4.78 is 16.8. The van der Waals surface area contributed by atoms with Crippen molar-refractivity contribution >= 4 is 0 Å². The van der Waals surface area contributed by atoms with E-state index in [1.165, 1.54) is 12.1 Å². The number of ether oxygens (including phenoxy) is 1. The number of hydrogen-bond donors (Lipinski definition) is 4. The van der Waals surface area contributed by atoms with Gasteiger partial charge in [0.05, 0.1) is 6.10 Å². The Morgan fingerprint density at radius 1 is 1.41 bits per heavy atom. The van der Waals surface area contributed by atoms with Gasteiger partial charge in [-0.1, -0.05) is 0 Å². The molecule has 96 valence electrons. The van der Waals surface area contributed by atoms with Crippen LogP contribution < -0.4 is 10.5 Å². The molecule has 0 amide bonds. The molecule has 2 atom stereocenters. The summed E-state index contributed by atoms with van der Waals surface area (Å²) in [5.41, 5.74) is 5.63. The van der Waals surface area contributed by atoms with Gasteiger partial charge in [-0.25, -0.2) is 4.39 Å². The molecule has 1 aromatic carbocycles. The van der Waals surface area contributed by atoms with E-state index < -0.39 is 24.6 Å². The van der Waals surface area contributed by atoms with Crippen molar-refractivity contribution in [3.05, 3.63) is 17.7 Å². The van der Waals surface area contributed by atoms with Crippen molar-refractivity contribution in [3.8, 4) is 17.2 Å². The summed E-state index contributed by atoms with van der Waals surface area (Å²) in [5, 5.41) is 29.0. The second-order valence-corrected chi connectivity index (χ2v) is 3.69. The van der Waals surface area contributed by atoms with Crippen LogP contribution in [0.5, 0.6) is 17.2 Å². The van der Waals surface area contributed by atoms with Crippen LogP contribution in [0.25, 0.3) is 0 Å². The van der Waals surface area contributed by atoms with Gasteiger partial charge >= 0.3 is 0 Å². The molecule has 0 radical (unpaired) electrons. The van der Waals surface area contributed by atoms with Crippen molar-refractivity contribution in [1.82, 2.24) is 0 Å². The number of aliphatic hydroxyl groups excluding tert-OH is 1. The fourth-order valence-corrected chi connectivity index (χ4v) is 1.38. The van der Waals surface area contributed by atoms with Crippen LogP contribution in [-0.4, -0.2) is 34.6 Å². The number of aromatic hydroxyl groups is 2. The summed E-state index contributed by atoms with van der Waals surface area (Å²) in [5.74, 6) is -1.00. The van der Waals surface area contributed by atoms with Gasteiger partial charge in [0.2, 0.25) is 5.75 Å². The smallest absolute Gasteiger partial charge is 0.203 e. The number of phenols is 2. The molecule has 1 rings (SSSR count). The summed E-state index contributed by atoms with van der Waals surface area (Å²) >= 11 is 0. The van der Waals surface area contributed by atoms with Gasteiger partial charge in [-0.05, 0) is 19.1 Å². The van der Waals surface area contributed by atoms with E-state index in [-0.39, 0.29) is 23.7 Å². The van der Waals surface area contributed by atoms with Gasteiger partial charge < -0.3 is 25.8 Å². The van der Waals surface area contributed by atoms with Gasteiger partial charge in [-0.2, -0.15) is 0 Å². The zero-order chi connectivity index (χ0) is 13.0. The molecule has 5 N–H and O–H groups in total. The molecule has 0 heterocycles. The molecule has 17 heavy (non-hydrogen) atoms. The summed E-state index contributed by atoms with van der Waals surface area (Å²) in [6, 6.07) is 1.98. The maximum atomic E-state index is 12.0. The SMILES string of the molecule is CC(N)C(O)c1ccc(O)c(OCCF)c1O. The quantitative estimate of drug-likeness (QED) is 0.616. The first-order chi connectivity index (χ1) is 7.99. The van der Waals surface area contributed by atoms with Crippen LogP contribution in [0, 0.1) is 0 Å². The largest absolute Gasteiger partial charge is 0.504 e. The first-order valence-corrected chi connectivity index (χ1v) is 5.16. The second-order valence-electron chi connectivity index (χ2n) is 3.69. The molecular formula is C11H16FNO4. The van der Waals surface area contributed by atoms with Crippen LogP contribution in [0.2, 0.25) is 0 Å². The number of hydrogen-bond acceptors (Lipinski definition) is 5. The number of halogens is 1. The Bertz CT molecular complexity index is 384. The predicted octanol–water partition coefficient (Wildman–Crippen LogP) is 0.827. The van der Waals surface area contributed by atoms with Crippen molar-refractivity contribution in [2.45, 2.75) is 19.1 Å². The summed E-state index contributed by atoms with van der Waals surface area (Å²) in [4.78, 5) is 0. The van der Waals surface area contributed by atoms with Gasteiger partial charge in [0, 0.05) is 11.6 Å². The molecule has 0 bridgehead atoms. The number of phenolic OH excluding ortho intramolecular Hbond substituents is 2. The lowest BCUT2D eigenvalue weighted by molar-refractivity contribution is 0.148. The second kappa shape index (κ2) is 5.70. The van der Waals surface area contributed by atoms with Gasteiger partial charge in [0.15, 0.2) is 11.5 Å². The maximum Gasteiger partial charge on any atom is 0.203 e.